The van der Waals surface area contributed by atoms with E-state index in [0.717, 1.165) is 5.56 Å². The molecule has 3 rings (SSSR count). The van der Waals surface area contributed by atoms with Gasteiger partial charge in [0.2, 0.25) is 11.8 Å². The van der Waals surface area contributed by atoms with Gasteiger partial charge in [-0.25, -0.2) is 0 Å². The van der Waals surface area contributed by atoms with Crippen LogP contribution in [-0.4, -0.2) is 58.2 Å². The molecular weight excluding hydrogens is 412 g/mol. The van der Waals surface area contributed by atoms with Crippen LogP contribution in [0, 0.1) is 5.92 Å². The normalized spacial score (nSPS) is 15.5. The number of anilines is 1. The molecule has 0 bridgehead atoms. The average molecular weight is 443 g/mol. The summed E-state index contributed by atoms with van der Waals surface area (Å²) in [4.78, 5) is 29.5. The van der Waals surface area contributed by atoms with Crippen LogP contribution in [0.3, 0.4) is 0 Å². The molecule has 0 aliphatic carbocycles. The van der Waals surface area contributed by atoms with Crippen molar-refractivity contribution < 1.29 is 28.5 Å². The highest BCUT2D eigenvalue weighted by Gasteiger charge is 2.38. The van der Waals surface area contributed by atoms with Gasteiger partial charge in [0.15, 0.2) is 11.5 Å². The van der Waals surface area contributed by atoms with Crippen LogP contribution >= 0.6 is 0 Å². The number of benzene rings is 2. The van der Waals surface area contributed by atoms with Crippen LogP contribution in [0.1, 0.15) is 18.9 Å². The topological polar surface area (TPSA) is 77.5 Å². The fraction of sp³-hybridized carbons (Fsp3) is 0.417. The maximum absolute atomic E-state index is 13.3. The first-order valence-corrected chi connectivity index (χ1v) is 10.5. The van der Waals surface area contributed by atoms with Crippen LogP contribution in [-0.2, 0) is 16.1 Å². The van der Waals surface area contributed by atoms with E-state index in [1.807, 2.05) is 25.1 Å². The van der Waals surface area contributed by atoms with E-state index in [9.17, 15) is 9.59 Å². The molecule has 1 unspecified atom stereocenters. The summed E-state index contributed by atoms with van der Waals surface area (Å²) in [6, 6.07) is 10.9. The summed E-state index contributed by atoms with van der Waals surface area (Å²) >= 11 is 0. The van der Waals surface area contributed by atoms with E-state index >= 15 is 0 Å². The molecule has 2 amide bonds. The first-order valence-electron chi connectivity index (χ1n) is 10.5. The molecule has 8 nitrogen and oxygen atoms in total. The molecule has 2 aromatic carbocycles. The van der Waals surface area contributed by atoms with E-state index in [2.05, 4.69) is 0 Å². The van der Waals surface area contributed by atoms with Crippen LogP contribution in [0.5, 0.6) is 23.0 Å². The minimum absolute atomic E-state index is 0.0556. The van der Waals surface area contributed by atoms with Gasteiger partial charge in [-0.15, -0.1) is 0 Å². The highest BCUT2D eigenvalue weighted by molar-refractivity contribution is 6.01. The molecule has 1 heterocycles. The Morgan fingerprint density at radius 3 is 2.28 bits per heavy atom. The molecule has 1 atom stereocenters. The van der Waals surface area contributed by atoms with E-state index in [0.29, 0.717) is 48.3 Å². The highest BCUT2D eigenvalue weighted by atomic mass is 16.5. The zero-order valence-electron chi connectivity index (χ0n) is 19.2. The summed E-state index contributed by atoms with van der Waals surface area (Å²) in [5.41, 5.74) is 1.53. The minimum Gasteiger partial charge on any atom is -0.497 e. The van der Waals surface area contributed by atoms with E-state index < -0.39 is 5.92 Å². The van der Waals surface area contributed by atoms with Crippen molar-refractivity contribution in [1.29, 1.82) is 0 Å². The lowest BCUT2D eigenvalue weighted by Crippen LogP contribution is -2.37. The molecular formula is C24H30N2O6. The maximum atomic E-state index is 13.3. The van der Waals surface area contributed by atoms with Gasteiger partial charge in [-0.3, -0.25) is 9.59 Å². The van der Waals surface area contributed by atoms with Crippen LogP contribution in [0.25, 0.3) is 0 Å². The Balaban J connectivity index is 1.77. The fourth-order valence-electron chi connectivity index (χ4n) is 3.92. The Labute approximate surface area is 188 Å². The second-order valence-electron chi connectivity index (χ2n) is 7.48. The summed E-state index contributed by atoms with van der Waals surface area (Å²) in [7, 11) is 6.28. The molecule has 1 saturated heterocycles. The summed E-state index contributed by atoms with van der Waals surface area (Å²) in [5, 5.41) is 0. The predicted octanol–water partition coefficient (Wildman–Crippen LogP) is 3.12. The number of carbonyl (C=O) groups excluding carboxylic acids is 2. The van der Waals surface area contributed by atoms with Crippen molar-refractivity contribution in [2.24, 2.45) is 5.92 Å². The lowest BCUT2D eigenvalue weighted by atomic mass is 10.1. The molecule has 0 spiro atoms. The van der Waals surface area contributed by atoms with Crippen molar-refractivity contribution in [2.45, 2.75) is 19.9 Å². The van der Waals surface area contributed by atoms with E-state index in [1.165, 1.54) is 0 Å². The minimum atomic E-state index is -0.432. The summed E-state index contributed by atoms with van der Waals surface area (Å²) in [5.74, 6) is 1.82. The third kappa shape index (κ3) is 4.74. The molecule has 0 N–H and O–H groups in total. The third-order valence-electron chi connectivity index (χ3n) is 5.67. The van der Waals surface area contributed by atoms with Gasteiger partial charge in [0.05, 0.1) is 40.0 Å². The number of ether oxygens (including phenoxy) is 4. The average Bonchev–Trinajstić information content (AvgIpc) is 3.22. The standard InChI is InChI=1S/C24H30N2O6/c1-6-25(14-16-7-9-21(31-4)22(11-16)32-5)24(28)17-12-23(27)26(15-17)19-13-18(29-2)8-10-20(19)30-3/h7-11,13,17H,6,12,14-15H2,1-5H3. The van der Waals surface area contributed by atoms with Gasteiger partial charge >= 0.3 is 0 Å². The lowest BCUT2D eigenvalue weighted by Gasteiger charge is -2.25. The van der Waals surface area contributed by atoms with Gasteiger partial charge in [0, 0.05) is 32.1 Å². The number of hydrogen-bond donors (Lipinski definition) is 0. The molecule has 0 saturated carbocycles. The highest BCUT2D eigenvalue weighted by Crippen LogP contribution is 2.36. The number of carbonyl (C=O) groups is 2. The molecule has 1 aliphatic heterocycles. The fourth-order valence-corrected chi connectivity index (χ4v) is 3.92. The van der Waals surface area contributed by atoms with Crippen molar-refractivity contribution in [3.63, 3.8) is 0 Å². The summed E-state index contributed by atoms with van der Waals surface area (Å²) < 4.78 is 21.4. The van der Waals surface area contributed by atoms with Crippen LogP contribution < -0.4 is 23.8 Å². The van der Waals surface area contributed by atoms with Crippen molar-refractivity contribution in [2.75, 3.05) is 46.4 Å². The largest absolute Gasteiger partial charge is 0.497 e. The van der Waals surface area contributed by atoms with Crippen molar-refractivity contribution >= 4 is 17.5 Å². The summed E-state index contributed by atoms with van der Waals surface area (Å²) in [6.07, 6.45) is 0.154. The van der Waals surface area contributed by atoms with Gasteiger partial charge in [-0.1, -0.05) is 6.07 Å². The van der Waals surface area contributed by atoms with Crippen molar-refractivity contribution in [1.82, 2.24) is 4.90 Å². The second-order valence-corrected chi connectivity index (χ2v) is 7.48. The predicted molar refractivity (Wildman–Crippen MR) is 121 cm³/mol. The lowest BCUT2D eigenvalue weighted by molar-refractivity contribution is -0.136. The monoisotopic (exact) mass is 442 g/mol. The van der Waals surface area contributed by atoms with Crippen molar-refractivity contribution in [3.05, 3.63) is 42.0 Å². The Bertz CT molecular complexity index is 977. The Hall–Kier alpha value is -3.42. The number of amides is 2. The van der Waals surface area contributed by atoms with Gasteiger partial charge < -0.3 is 28.7 Å². The molecule has 0 radical (unpaired) electrons. The Morgan fingerprint density at radius 2 is 1.66 bits per heavy atom. The Morgan fingerprint density at radius 1 is 0.969 bits per heavy atom. The van der Waals surface area contributed by atoms with Crippen LogP contribution in [0.4, 0.5) is 5.69 Å². The van der Waals surface area contributed by atoms with Crippen molar-refractivity contribution in [3.8, 4) is 23.0 Å². The number of nitrogens with zero attached hydrogens (tertiary/aromatic N) is 2. The molecule has 8 heteroatoms. The zero-order valence-corrected chi connectivity index (χ0v) is 19.2. The first-order chi connectivity index (χ1) is 15.4. The molecule has 1 aliphatic rings. The molecule has 2 aromatic rings. The van der Waals surface area contributed by atoms with Gasteiger partial charge in [-0.2, -0.15) is 0 Å². The number of methoxy groups -OCH3 is 4. The Kier molecular flexibility index (Phi) is 7.45. The van der Waals surface area contributed by atoms with Crippen LogP contribution in [0.15, 0.2) is 36.4 Å². The first kappa shape index (κ1) is 23.2. The molecule has 1 fully saturated rings. The quantitative estimate of drug-likeness (QED) is 0.594. The van der Waals surface area contributed by atoms with Crippen LogP contribution in [0.2, 0.25) is 0 Å². The van der Waals surface area contributed by atoms with E-state index in [-0.39, 0.29) is 18.2 Å². The smallest absolute Gasteiger partial charge is 0.228 e. The summed E-state index contributed by atoms with van der Waals surface area (Å²) in [6.45, 7) is 3.17. The molecule has 172 valence electrons. The maximum Gasteiger partial charge on any atom is 0.228 e. The van der Waals surface area contributed by atoms with E-state index in [1.54, 1.807) is 56.4 Å². The van der Waals surface area contributed by atoms with Gasteiger partial charge in [0.25, 0.3) is 0 Å². The third-order valence-corrected chi connectivity index (χ3v) is 5.67. The number of rotatable bonds is 9. The SMILES string of the molecule is CCN(Cc1ccc(OC)c(OC)c1)C(=O)C1CC(=O)N(c2cc(OC)ccc2OC)C1. The number of hydrogen-bond acceptors (Lipinski definition) is 6. The second kappa shape index (κ2) is 10.3. The molecule has 0 aromatic heterocycles. The molecule has 32 heavy (non-hydrogen) atoms. The van der Waals surface area contributed by atoms with Gasteiger partial charge in [0.1, 0.15) is 11.5 Å². The van der Waals surface area contributed by atoms with Gasteiger partial charge in [-0.05, 0) is 36.8 Å². The zero-order chi connectivity index (χ0) is 23.3. The van der Waals surface area contributed by atoms with E-state index in [4.69, 9.17) is 18.9 Å².